The van der Waals surface area contributed by atoms with E-state index in [1.165, 1.54) is 5.56 Å². The summed E-state index contributed by atoms with van der Waals surface area (Å²) in [6, 6.07) is 15.7. The van der Waals surface area contributed by atoms with Crippen LogP contribution in [-0.2, 0) is 26.1 Å². The molecule has 0 atom stereocenters. The van der Waals surface area contributed by atoms with E-state index in [0.717, 1.165) is 17.6 Å². The van der Waals surface area contributed by atoms with Crippen molar-refractivity contribution in [1.82, 2.24) is 30.1 Å². The second kappa shape index (κ2) is 10.0. The van der Waals surface area contributed by atoms with E-state index in [9.17, 15) is 9.90 Å². The molecule has 0 saturated heterocycles. The Morgan fingerprint density at radius 3 is 2.74 bits per heavy atom. The van der Waals surface area contributed by atoms with E-state index in [1.54, 1.807) is 10.7 Å². The van der Waals surface area contributed by atoms with Gasteiger partial charge in [-0.15, -0.1) is 5.10 Å². The highest BCUT2D eigenvalue weighted by molar-refractivity contribution is 5.83. The van der Waals surface area contributed by atoms with Crippen LogP contribution in [0.5, 0.6) is 11.5 Å². The summed E-state index contributed by atoms with van der Waals surface area (Å²) >= 11 is 0. The molecule has 34 heavy (non-hydrogen) atoms. The van der Waals surface area contributed by atoms with Gasteiger partial charge < -0.3 is 19.6 Å². The highest BCUT2D eigenvalue weighted by Crippen LogP contribution is 2.35. The number of benzene rings is 2. The first-order valence-electron chi connectivity index (χ1n) is 11.3. The minimum absolute atomic E-state index is 0.0625. The van der Waals surface area contributed by atoms with E-state index < -0.39 is 0 Å². The molecule has 2 N–H and O–H groups in total. The SMILES string of the molecule is O=c1[nH]c2cc3c(cc2cc1CN(CCCO)Cc1nnnn1CCc1ccccc1)OCO3. The van der Waals surface area contributed by atoms with E-state index in [1.807, 2.05) is 30.3 Å². The normalized spacial score (nSPS) is 12.6. The Morgan fingerprint density at radius 2 is 1.91 bits per heavy atom. The first-order chi connectivity index (χ1) is 16.7. The molecule has 5 rings (SSSR count). The van der Waals surface area contributed by atoms with Gasteiger partial charge in [0.05, 0.1) is 12.1 Å². The molecule has 0 bridgehead atoms. The summed E-state index contributed by atoms with van der Waals surface area (Å²) in [6.07, 6.45) is 1.39. The quantitative estimate of drug-likeness (QED) is 0.367. The van der Waals surface area contributed by atoms with E-state index in [4.69, 9.17) is 9.47 Å². The number of fused-ring (bicyclic) bond motifs is 2. The van der Waals surface area contributed by atoms with Crippen molar-refractivity contribution in [1.29, 1.82) is 0 Å². The number of tetrazole rings is 1. The van der Waals surface area contributed by atoms with Crippen LogP contribution in [0.2, 0.25) is 0 Å². The van der Waals surface area contributed by atoms with Gasteiger partial charge in [-0.2, -0.15) is 0 Å². The van der Waals surface area contributed by atoms with Crippen molar-refractivity contribution in [3.8, 4) is 11.5 Å². The molecule has 1 aliphatic heterocycles. The third-order valence-corrected chi connectivity index (χ3v) is 5.87. The van der Waals surface area contributed by atoms with Crippen LogP contribution in [0.1, 0.15) is 23.4 Å². The average molecular weight is 463 g/mol. The topological polar surface area (TPSA) is 118 Å². The fraction of sp³-hybridized carbons (Fsp3) is 0.333. The number of pyridine rings is 1. The van der Waals surface area contributed by atoms with E-state index in [2.05, 4.69) is 37.5 Å². The van der Waals surface area contributed by atoms with Crippen molar-refractivity contribution in [3.63, 3.8) is 0 Å². The molecule has 0 fully saturated rings. The summed E-state index contributed by atoms with van der Waals surface area (Å²) in [5, 5.41) is 22.5. The van der Waals surface area contributed by atoms with Crippen molar-refractivity contribution >= 4 is 10.9 Å². The molecule has 0 spiro atoms. The van der Waals surface area contributed by atoms with Gasteiger partial charge in [-0.05, 0) is 41.0 Å². The van der Waals surface area contributed by atoms with Gasteiger partial charge in [-0.25, -0.2) is 4.68 Å². The van der Waals surface area contributed by atoms with Crippen LogP contribution >= 0.6 is 0 Å². The number of hydrogen-bond acceptors (Lipinski definition) is 8. The van der Waals surface area contributed by atoms with Crippen molar-refractivity contribution in [2.24, 2.45) is 0 Å². The van der Waals surface area contributed by atoms with Crippen molar-refractivity contribution < 1.29 is 14.6 Å². The minimum atomic E-state index is -0.163. The third kappa shape index (κ3) is 4.92. The lowest BCUT2D eigenvalue weighted by Gasteiger charge is -2.21. The van der Waals surface area contributed by atoms with Gasteiger partial charge in [0.2, 0.25) is 6.79 Å². The summed E-state index contributed by atoms with van der Waals surface area (Å²) in [5.41, 5.74) is 2.37. The predicted molar refractivity (Wildman–Crippen MR) is 124 cm³/mol. The molecule has 2 aromatic heterocycles. The van der Waals surface area contributed by atoms with Crippen LogP contribution in [0.3, 0.4) is 0 Å². The van der Waals surface area contributed by atoms with Gasteiger partial charge >= 0.3 is 0 Å². The lowest BCUT2D eigenvalue weighted by atomic mass is 10.1. The molecule has 2 aromatic carbocycles. The van der Waals surface area contributed by atoms with E-state index in [-0.39, 0.29) is 19.0 Å². The van der Waals surface area contributed by atoms with Crippen LogP contribution in [0.4, 0.5) is 0 Å². The number of aromatic amines is 1. The minimum Gasteiger partial charge on any atom is -0.454 e. The van der Waals surface area contributed by atoms with Gasteiger partial charge in [-0.1, -0.05) is 30.3 Å². The number of ether oxygens (including phenoxy) is 2. The molecular formula is C24H26N6O4. The fourth-order valence-electron chi connectivity index (χ4n) is 4.10. The second-order valence-corrected chi connectivity index (χ2v) is 8.26. The van der Waals surface area contributed by atoms with E-state index in [0.29, 0.717) is 55.2 Å². The van der Waals surface area contributed by atoms with Crippen LogP contribution in [0.25, 0.3) is 10.9 Å². The first-order valence-corrected chi connectivity index (χ1v) is 11.3. The summed E-state index contributed by atoms with van der Waals surface area (Å²) in [7, 11) is 0. The van der Waals surface area contributed by atoms with Crippen LogP contribution in [0.15, 0.2) is 53.3 Å². The highest BCUT2D eigenvalue weighted by Gasteiger charge is 2.18. The molecule has 0 radical (unpaired) electrons. The number of aryl methyl sites for hydroxylation is 2. The lowest BCUT2D eigenvalue weighted by Crippen LogP contribution is -2.29. The Hall–Kier alpha value is -3.76. The van der Waals surface area contributed by atoms with Crippen molar-refractivity contribution in [3.05, 3.63) is 75.8 Å². The standard InChI is InChI=1S/C24H26N6O4/c31-10-4-8-29(15-23-26-27-28-30(23)9-7-17-5-2-1-3-6-17)14-19-11-18-12-21-22(34-16-33-21)13-20(18)25-24(19)32/h1-3,5-6,11-13,31H,4,7-10,14-16H2,(H,25,32). The molecular weight excluding hydrogens is 436 g/mol. The molecule has 3 heterocycles. The molecule has 0 saturated carbocycles. The maximum atomic E-state index is 12.8. The highest BCUT2D eigenvalue weighted by atomic mass is 16.7. The average Bonchev–Trinajstić information content (AvgIpc) is 3.49. The molecule has 10 heteroatoms. The molecule has 4 aromatic rings. The number of hydrogen-bond donors (Lipinski definition) is 2. The molecule has 176 valence electrons. The number of aliphatic hydroxyl groups is 1. The number of rotatable bonds is 10. The monoisotopic (exact) mass is 462 g/mol. The van der Waals surface area contributed by atoms with Crippen LogP contribution in [-0.4, -0.2) is 55.1 Å². The Labute approximate surface area is 195 Å². The number of nitrogens with one attached hydrogen (secondary N) is 1. The van der Waals surface area contributed by atoms with Crippen LogP contribution in [0, 0.1) is 0 Å². The van der Waals surface area contributed by atoms with Gasteiger partial charge in [0.15, 0.2) is 17.3 Å². The number of aromatic nitrogens is 5. The molecule has 0 aliphatic carbocycles. The number of H-pyrrole nitrogens is 1. The Balaban J connectivity index is 1.34. The number of aliphatic hydroxyl groups excluding tert-OH is 1. The van der Waals surface area contributed by atoms with E-state index >= 15 is 0 Å². The predicted octanol–water partition coefficient (Wildman–Crippen LogP) is 1.87. The second-order valence-electron chi connectivity index (χ2n) is 8.26. The summed E-state index contributed by atoms with van der Waals surface area (Å²) in [4.78, 5) is 17.8. The maximum Gasteiger partial charge on any atom is 0.252 e. The molecule has 0 unspecified atom stereocenters. The smallest absolute Gasteiger partial charge is 0.252 e. The van der Waals surface area contributed by atoms with Gasteiger partial charge in [0, 0.05) is 43.3 Å². The maximum absolute atomic E-state index is 12.8. The van der Waals surface area contributed by atoms with Crippen LogP contribution < -0.4 is 15.0 Å². The summed E-state index contributed by atoms with van der Waals surface area (Å²) in [6.45, 7) is 2.35. The Bertz CT molecular complexity index is 1320. The van der Waals surface area contributed by atoms with Gasteiger partial charge in [0.25, 0.3) is 5.56 Å². The van der Waals surface area contributed by atoms with Gasteiger partial charge in [0.1, 0.15) is 0 Å². The molecule has 1 aliphatic rings. The zero-order valence-electron chi connectivity index (χ0n) is 18.7. The number of nitrogens with zero attached hydrogens (tertiary/aromatic N) is 5. The van der Waals surface area contributed by atoms with Crippen molar-refractivity contribution in [2.75, 3.05) is 19.9 Å². The Morgan fingerprint density at radius 1 is 1.09 bits per heavy atom. The Kier molecular flexibility index (Phi) is 6.50. The zero-order chi connectivity index (χ0) is 23.3. The summed E-state index contributed by atoms with van der Waals surface area (Å²) < 4.78 is 12.7. The summed E-state index contributed by atoms with van der Waals surface area (Å²) in [5.74, 6) is 2.01. The molecule has 10 nitrogen and oxygen atoms in total. The lowest BCUT2D eigenvalue weighted by molar-refractivity contribution is 0.174. The fourth-order valence-corrected chi connectivity index (χ4v) is 4.10. The third-order valence-electron chi connectivity index (χ3n) is 5.87. The zero-order valence-corrected chi connectivity index (χ0v) is 18.7. The largest absolute Gasteiger partial charge is 0.454 e. The molecule has 0 amide bonds. The first kappa shape index (κ1) is 22.1. The van der Waals surface area contributed by atoms with Crippen molar-refractivity contribution in [2.45, 2.75) is 32.5 Å². The van der Waals surface area contributed by atoms with Gasteiger partial charge in [-0.3, -0.25) is 9.69 Å².